The summed E-state index contributed by atoms with van der Waals surface area (Å²) >= 11 is 0. The van der Waals surface area contributed by atoms with Crippen LogP contribution in [0.25, 0.3) is 22.4 Å². The molecule has 52 heavy (non-hydrogen) atoms. The molecule has 4 atom stereocenters. The molecule has 2 unspecified atom stereocenters. The SMILES string of the molecule is CC(C)c1c(C(=O)Nc2ccccc2)c(-c2ccccc2)c(-c2ccc(F)cc2)n1CC[C@@H](O)C[C@@H](O)CC(=O)NCCC(O)CC(O)CC(=O)O. The number of anilines is 1. The maximum Gasteiger partial charge on any atom is 0.305 e. The number of carbonyl (C=O) groups excluding carboxylic acids is 2. The summed E-state index contributed by atoms with van der Waals surface area (Å²) in [6.45, 7) is 4.25. The number of hydrogen-bond donors (Lipinski definition) is 7. The summed E-state index contributed by atoms with van der Waals surface area (Å²) in [7, 11) is 0. The Bertz CT molecular complexity index is 1760. The molecular formula is C40H48FN3O8. The molecule has 3 aromatic carbocycles. The van der Waals surface area contributed by atoms with Gasteiger partial charge >= 0.3 is 5.97 Å². The van der Waals surface area contributed by atoms with E-state index in [1.165, 1.54) is 12.1 Å². The Morgan fingerprint density at radius 1 is 0.731 bits per heavy atom. The van der Waals surface area contributed by atoms with Gasteiger partial charge in [-0.05, 0) is 79.1 Å². The van der Waals surface area contributed by atoms with Gasteiger partial charge in [0.1, 0.15) is 5.82 Å². The number of benzene rings is 3. The van der Waals surface area contributed by atoms with Gasteiger partial charge in [-0.2, -0.15) is 0 Å². The lowest BCUT2D eigenvalue weighted by molar-refractivity contribution is -0.139. The van der Waals surface area contributed by atoms with Crippen molar-refractivity contribution in [3.63, 3.8) is 0 Å². The topological polar surface area (TPSA) is 181 Å². The second kappa shape index (κ2) is 19.1. The molecule has 0 bridgehead atoms. The molecule has 4 aromatic rings. The highest BCUT2D eigenvalue weighted by atomic mass is 19.1. The third-order valence-corrected chi connectivity index (χ3v) is 8.69. The van der Waals surface area contributed by atoms with E-state index in [2.05, 4.69) is 10.6 Å². The standard InChI is InChI=1S/C40H48FN3O8/c1-25(2)38-37(40(52)43-29-11-7-4-8-12-29)36(26-9-5-3-6-10-26)39(27-13-15-28(41)16-14-27)44(38)20-18-31(46)22-32(47)23-34(49)42-19-17-30(45)21-33(48)24-35(50)51/h3-16,25,30-33,45-48H,17-24H2,1-2H3,(H,42,49)(H,43,52)(H,50,51)/t30?,31-,32-,33?/m1/s1. The first kappa shape index (κ1) is 39.9. The number of hydrogen-bond acceptors (Lipinski definition) is 7. The number of aromatic nitrogens is 1. The molecule has 0 aliphatic carbocycles. The fourth-order valence-corrected chi connectivity index (χ4v) is 6.38. The van der Waals surface area contributed by atoms with Crippen molar-refractivity contribution >= 4 is 23.5 Å². The molecule has 0 aliphatic rings. The molecule has 0 saturated heterocycles. The summed E-state index contributed by atoms with van der Waals surface area (Å²) in [6, 6.07) is 24.6. The fourth-order valence-electron chi connectivity index (χ4n) is 6.38. The van der Waals surface area contributed by atoms with Gasteiger partial charge in [0.25, 0.3) is 5.91 Å². The number of aliphatic hydroxyl groups excluding tert-OH is 4. The quantitative estimate of drug-likeness (QED) is 0.0681. The molecule has 0 radical (unpaired) electrons. The lowest BCUT2D eigenvalue weighted by Crippen LogP contribution is -2.32. The number of aliphatic hydroxyl groups is 4. The number of amides is 2. The van der Waals surface area contributed by atoms with Crippen molar-refractivity contribution in [3.05, 3.63) is 102 Å². The van der Waals surface area contributed by atoms with Crippen LogP contribution in [0, 0.1) is 5.82 Å². The van der Waals surface area contributed by atoms with Crippen LogP contribution in [0.5, 0.6) is 0 Å². The van der Waals surface area contributed by atoms with E-state index in [1.807, 2.05) is 66.9 Å². The van der Waals surface area contributed by atoms with E-state index in [-0.39, 0.29) is 57.0 Å². The van der Waals surface area contributed by atoms with Gasteiger partial charge in [0.15, 0.2) is 0 Å². The van der Waals surface area contributed by atoms with Crippen LogP contribution in [0.1, 0.15) is 74.3 Å². The van der Waals surface area contributed by atoms with Crippen molar-refractivity contribution in [1.82, 2.24) is 9.88 Å². The van der Waals surface area contributed by atoms with E-state index in [1.54, 1.807) is 24.3 Å². The summed E-state index contributed by atoms with van der Waals surface area (Å²) in [5.41, 5.74) is 4.60. The number of nitrogens with zero attached hydrogens (tertiary/aromatic N) is 1. The van der Waals surface area contributed by atoms with Crippen molar-refractivity contribution in [2.75, 3.05) is 11.9 Å². The second-order valence-corrected chi connectivity index (χ2v) is 13.3. The van der Waals surface area contributed by atoms with Crippen LogP contribution in [-0.4, -0.2) is 78.8 Å². The van der Waals surface area contributed by atoms with E-state index < -0.39 is 48.5 Å². The van der Waals surface area contributed by atoms with E-state index in [4.69, 9.17) is 5.11 Å². The number of halogens is 1. The van der Waals surface area contributed by atoms with Crippen LogP contribution in [-0.2, 0) is 16.1 Å². The largest absolute Gasteiger partial charge is 0.481 e. The minimum absolute atomic E-state index is 0.0523. The zero-order valence-corrected chi connectivity index (χ0v) is 29.4. The van der Waals surface area contributed by atoms with Crippen LogP contribution in [0.15, 0.2) is 84.9 Å². The third-order valence-electron chi connectivity index (χ3n) is 8.69. The molecule has 0 spiro atoms. The number of carboxylic acids is 1. The number of carbonyl (C=O) groups is 3. The number of nitrogens with one attached hydrogen (secondary N) is 2. The van der Waals surface area contributed by atoms with Gasteiger partial charge in [-0.25, -0.2) is 4.39 Å². The molecule has 278 valence electrons. The molecule has 0 saturated carbocycles. The Labute approximate surface area is 302 Å². The minimum Gasteiger partial charge on any atom is -0.481 e. The predicted octanol–water partition coefficient (Wildman–Crippen LogP) is 5.32. The van der Waals surface area contributed by atoms with Crippen LogP contribution in [0.3, 0.4) is 0 Å². The van der Waals surface area contributed by atoms with E-state index in [0.717, 1.165) is 11.3 Å². The fraction of sp³-hybridized carbons (Fsp3) is 0.375. The van der Waals surface area contributed by atoms with E-state index in [9.17, 15) is 39.2 Å². The van der Waals surface area contributed by atoms with Gasteiger partial charge in [-0.15, -0.1) is 0 Å². The van der Waals surface area contributed by atoms with E-state index in [0.29, 0.717) is 28.1 Å². The van der Waals surface area contributed by atoms with Gasteiger partial charge in [0.05, 0.1) is 48.5 Å². The second-order valence-electron chi connectivity index (χ2n) is 13.3. The first-order valence-electron chi connectivity index (χ1n) is 17.5. The maximum atomic E-state index is 14.2. The smallest absolute Gasteiger partial charge is 0.305 e. The Balaban J connectivity index is 1.55. The summed E-state index contributed by atoms with van der Waals surface area (Å²) in [4.78, 5) is 37.4. The molecule has 4 rings (SSSR count). The predicted molar refractivity (Wildman–Crippen MR) is 196 cm³/mol. The average Bonchev–Trinajstić information content (AvgIpc) is 3.43. The van der Waals surface area contributed by atoms with Crippen LogP contribution in [0.2, 0.25) is 0 Å². The third kappa shape index (κ3) is 11.3. The first-order chi connectivity index (χ1) is 24.8. The molecule has 2 amide bonds. The van der Waals surface area contributed by atoms with Crippen molar-refractivity contribution in [2.45, 2.75) is 89.3 Å². The molecular weight excluding hydrogens is 669 g/mol. The zero-order chi connectivity index (χ0) is 37.8. The number of aliphatic carboxylic acids is 1. The molecule has 12 heteroatoms. The Hall–Kier alpha value is -4.88. The molecule has 11 nitrogen and oxygen atoms in total. The van der Waals surface area contributed by atoms with Gasteiger partial charge in [-0.1, -0.05) is 62.4 Å². The van der Waals surface area contributed by atoms with Crippen molar-refractivity contribution in [2.24, 2.45) is 0 Å². The normalized spacial score (nSPS) is 13.7. The van der Waals surface area contributed by atoms with Crippen molar-refractivity contribution in [3.8, 4) is 22.4 Å². The Morgan fingerprint density at radius 2 is 1.31 bits per heavy atom. The van der Waals surface area contributed by atoms with Crippen LogP contribution in [0.4, 0.5) is 10.1 Å². The highest BCUT2D eigenvalue weighted by molar-refractivity contribution is 6.12. The first-order valence-corrected chi connectivity index (χ1v) is 17.5. The van der Waals surface area contributed by atoms with Gasteiger partial charge < -0.3 is 40.7 Å². The molecule has 0 fully saturated rings. The van der Waals surface area contributed by atoms with Gasteiger partial charge in [0.2, 0.25) is 5.91 Å². The van der Waals surface area contributed by atoms with Crippen LogP contribution < -0.4 is 10.6 Å². The molecule has 0 aliphatic heterocycles. The lowest BCUT2D eigenvalue weighted by atomic mass is 9.94. The van der Waals surface area contributed by atoms with Gasteiger partial charge in [0, 0.05) is 30.0 Å². The van der Waals surface area contributed by atoms with Gasteiger partial charge in [-0.3, -0.25) is 14.4 Å². The van der Waals surface area contributed by atoms with Crippen molar-refractivity contribution < 1.29 is 44.3 Å². The monoisotopic (exact) mass is 717 g/mol. The highest BCUT2D eigenvalue weighted by Crippen LogP contribution is 2.42. The summed E-state index contributed by atoms with van der Waals surface area (Å²) < 4.78 is 16.2. The van der Waals surface area contributed by atoms with Crippen molar-refractivity contribution in [1.29, 1.82) is 0 Å². The molecule has 1 heterocycles. The number of para-hydroxylation sites is 1. The molecule has 7 N–H and O–H groups in total. The zero-order valence-electron chi connectivity index (χ0n) is 29.4. The highest BCUT2D eigenvalue weighted by Gasteiger charge is 2.31. The Kier molecular flexibility index (Phi) is 14.7. The maximum absolute atomic E-state index is 14.2. The molecule has 1 aromatic heterocycles. The Morgan fingerprint density at radius 3 is 1.90 bits per heavy atom. The summed E-state index contributed by atoms with van der Waals surface area (Å²) in [6.07, 6.45) is -5.20. The average molecular weight is 718 g/mol. The number of carboxylic acid groups (broad SMARTS) is 1. The summed E-state index contributed by atoms with van der Waals surface area (Å²) in [5.74, 6) is -2.56. The summed E-state index contributed by atoms with van der Waals surface area (Å²) in [5, 5.41) is 55.8. The minimum atomic E-state index is -1.20. The van der Waals surface area contributed by atoms with E-state index >= 15 is 0 Å². The van der Waals surface area contributed by atoms with Crippen LogP contribution >= 0.6 is 0 Å². The lowest BCUT2D eigenvalue weighted by Gasteiger charge is -2.20. The number of rotatable bonds is 19.